The van der Waals surface area contributed by atoms with E-state index < -0.39 is 11.5 Å². The highest BCUT2D eigenvalue weighted by molar-refractivity contribution is 5.90. The molecule has 0 radical (unpaired) electrons. The predicted octanol–water partition coefficient (Wildman–Crippen LogP) is 1.83. The molecule has 3 aromatic rings. The minimum Gasteiger partial charge on any atom is -0.383 e. The van der Waals surface area contributed by atoms with Crippen molar-refractivity contribution in [3.05, 3.63) is 77.9 Å². The number of aryl methyl sites for hydroxylation is 1. The van der Waals surface area contributed by atoms with Gasteiger partial charge in [0.2, 0.25) is 5.82 Å². The number of rotatable bonds is 4. The first-order valence-electron chi connectivity index (χ1n) is 8.22. The zero-order valence-electron chi connectivity index (χ0n) is 13.6. The van der Waals surface area contributed by atoms with Gasteiger partial charge in [-0.2, -0.15) is 0 Å². The van der Waals surface area contributed by atoms with Gasteiger partial charge in [0.1, 0.15) is 11.9 Å². The van der Waals surface area contributed by atoms with Crippen LogP contribution in [0.4, 0.5) is 0 Å². The van der Waals surface area contributed by atoms with Crippen LogP contribution in [0.3, 0.4) is 0 Å². The topological polar surface area (TPSA) is 80.0 Å². The first-order valence-corrected chi connectivity index (χ1v) is 8.22. The number of hydrogen-bond acceptors (Lipinski definition) is 4. The van der Waals surface area contributed by atoms with Crippen LogP contribution in [0.15, 0.2) is 60.9 Å². The van der Waals surface area contributed by atoms with E-state index in [2.05, 4.69) is 15.4 Å². The van der Waals surface area contributed by atoms with Crippen molar-refractivity contribution < 1.29 is 9.90 Å². The average Bonchev–Trinajstić information content (AvgIpc) is 3.27. The summed E-state index contributed by atoms with van der Waals surface area (Å²) in [6, 6.07) is 17.3. The first-order chi connectivity index (χ1) is 12.2. The van der Waals surface area contributed by atoms with Gasteiger partial charge in [0.25, 0.3) is 5.91 Å². The van der Waals surface area contributed by atoms with Crippen LogP contribution in [0.1, 0.15) is 28.2 Å². The van der Waals surface area contributed by atoms with Crippen molar-refractivity contribution in [2.75, 3.05) is 6.54 Å². The normalized spacial score (nSPS) is 18.8. The molecule has 0 aliphatic heterocycles. The van der Waals surface area contributed by atoms with Gasteiger partial charge >= 0.3 is 0 Å². The lowest BCUT2D eigenvalue weighted by molar-refractivity contribution is 0.0367. The van der Waals surface area contributed by atoms with Crippen LogP contribution >= 0.6 is 0 Å². The molecule has 2 aromatic carbocycles. The van der Waals surface area contributed by atoms with Crippen LogP contribution < -0.4 is 5.32 Å². The number of fused-ring (bicyclic) bond motifs is 1. The Bertz CT molecular complexity index is 907. The lowest BCUT2D eigenvalue weighted by Crippen LogP contribution is -2.39. The van der Waals surface area contributed by atoms with Gasteiger partial charge in [0.05, 0.1) is 12.2 Å². The summed E-state index contributed by atoms with van der Waals surface area (Å²) in [5, 5.41) is 17.8. The maximum atomic E-state index is 12.3. The summed E-state index contributed by atoms with van der Waals surface area (Å²) < 4.78 is 1.55. The molecule has 4 rings (SSSR count). The van der Waals surface area contributed by atoms with E-state index in [0.717, 1.165) is 23.2 Å². The third kappa shape index (κ3) is 2.92. The number of carbonyl (C=O) groups excluding carboxylic acids is 1. The Balaban J connectivity index is 1.46. The summed E-state index contributed by atoms with van der Waals surface area (Å²) in [6.07, 6.45) is 2.91. The van der Waals surface area contributed by atoms with Crippen molar-refractivity contribution in [3.63, 3.8) is 0 Å². The molecule has 1 aromatic heterocycles. The zero-order valence-corrected chi connectivity index (χ0v) is 13.6. The van der Waals surface area contributed by atoms with Crippen molar-refractivity contribution >= 4 is 5.91 Å². The van der Waals surface area contributed by atoms with Gasteiger partial charge in [-0.3, -0.25) is 4.79 Å². The van der Waals surface area contributed by atoms with Gasteiger partial charge in [0, 0.05) is 0 Å². The third-order valence-electron chi connectivity index (χ3n) is 4.58. The number of carbonyl (C=O) groups is 1. The largest absolute Gasteiger partial charge is 0.383 e. The van der Waals surface area contributed by atoms with E-state index >= 15 is 0 Å². The van der Waals surface area contributed by atoms with E-state index in [-0.39, 0.29) is 12.4 Å². The summed E-state index contributed by atoms with van der Waals surface area (Å²) in [5.74, 6) is -0.314. The molecule has 1 aliphatic carbocycles. The summed E-state index contributed by atoms with van der Waals surface area (Å²) in [4.78, 5) is 16.4. The second-order valence-corrected chi connectivity index (χ2v) is 6.22. The molecule has 1 atom stereocenters. The van der Waals surface area contributed by atoms with Crippen molar-refractivity contribution in [3.8, 4) is 5.69 Å². The maximum absolute atomic E-state index is 12.3. The van der Waals surface area contributed by atoms with E-state index in [1.54, 1.807) is 4.68 Å². The van der Waals surface area contributed by atoms with E-state index in [9.17, 15) is 9.90 Å². The lowest BCUT2D eigenvalue weighted by atomic mass is 9.96. The maximum Gasteiger partial charge on any atom is 0.291 e. The van der Waals surface area contributed by atoms with Crippen molar-refractivity contribution in [2.24, 2.45) is 0 Å². The number of hydrogen-bond donors (Lipinski definition) is 2. The van der Waals surface area contributed by atoms with E-state index in [1.165, 1.54) is 6.33 Å². The highest BCUT2D eigenvalue weighted by Crippen LogP contribution is 2.36. The molecule has 6 nitrogen and oxygen atoms in total. The van der Waals surface area contributed by atoms with Gasteiger partial charge in [0.15, 0.2) is 0 Å². The van der Waals surface area contributed by atoms with E-state index in [1.807, 2.05) is 54.6 Å². The molecule has 0 spiro atoms. The van der Waals surface area contributed by atoms with Crippen molar-refractivity contribution in [2.45, 2.75) is 18.4 Å². The van der Waals surface area contributed by atoms with Crippen LogP contribution in [0.2, 0.25) is 0 Å². The molecule has 1 amide bonds. The Morgan fingerprint density at radius 2 is 1.92 bits per heavy atom. The fourth-order valence-corrected chi connectivity index (χ4v) is 3.23. The summed E-state index contributed by atoms with van der Waals surface area (Å²) in [6.45, 7) is 0.142. The van der Waals surface area contributed by atoms with Crippen LogP contribution in [-0.2, 0) is 12.0 Å². The Morgan fingerprint density at radius 3 is 2.76 bits per heavy atom. The second-order valence-electron chi connectivity index (χ2n) is 6.22. The molecule has 126 valence electrons. The molecule has 25 heavy (non-hydrogen) atoms. The molecule has 1 heterocycles. The Morgan fingerprint density at radius 1 is 1.16 bits per heavy atom. The van der Waals surface area contributed by atoms with Gasteiger partial charge < -0.3 is 10.4 Å². The molecule has 0 fully saturated rings. The molecular weight excluding hydrogens is 316 g/mol. The highest BCUT2D eigenvalue weighted by Gasteiger charge is 2.36. The highest BCUT2D eigenvalue weighted by atomic mass is 16.3. The molecule has 1 aliphatic rings. The first kappa shape index (κ1) is 15.5. The number of para-hydroxylation sites is 1. The van der Waals surface area contributed by atoms with Crippen LogP contribution in [0, 0.1) is 0 Å². The second kappa shape index (κ2) is 6.14. The number of nitrogens with zero attached hydrogens (tertiary/aromatic N) is 3. The molecule has 0 saturated heterocycles. The molecule has 0 bridgehead atoms. The molecule has 1 unspecified atom stereocenters. The number of aliphatic hydroxyl groups is 1. The molecule has 6 heteroatoms. The Hall–Kier alpha value is -2.99. The van der Waals surface area contributed by atoms with Crippen molar-refractivity contribution in [1.82, 2.24) is 20.1 Å². The van der Waals surface area contributed by atoms with Crippen LogP contribution in [-0.4, -0.2) is 32.3 Å². The van der Waals surface area contributed by atoms with Crippen molar-refractivity contribution in [1.29, 1.82) is 0 Å². The monoisotopic (exact) mass is 334 g/mol. The van der Waals surface area contributed by atoms with Crippen LogP contribution in [0.5, 0.6) is 0 Å². The number of amides is 1. The minimum absolute atomic E-state index is 0.0822. The Kier molecular flexibility index (Phi) is 3.82. The molecule has 2 N–H and O–H groups in total. The van der Waals surface area contributed by atoms with E-state index in [0.29, 0.717) is 6.42 Å². The number of aromatic nitrogens is 3. The van der Waals surface area contributed by atoms with Gasteiger partial charge in [-0.1, -0.05) is 42.5 Å². The Labute approximate surface area is 145 Å². The summed E-state index contributed by atoms with van der Waals surface area (Å²) >= 11 is 0. The van der Waals surface area contributed by atoms with Gasteiger partial charge in [-0.05, 0) is 36.1 Å². The summed E-state index contributed by atoms with van der Waals surface area (Å²) in [7, 11) is 0. The fraction of sp³-hybridized carbons (Fsp3) is 0.211. The lowest BCUT2D eigenvalue weighted by Gasteiger charge is -2.24. The molecule has 0 saturated carbocycles. The zero-order chi connectivity index (χ0) is 17.3. The average molecular weight is 334 g/mol. The van der Waals surface area contributed by atoms with Gasteiger partial charge in [-0.25, -0.2) is 9.67 Å². The predicted molar refractivity (Wildman–Crippen MR) is 92.4 cm³/mol. The van der Waals surface area contributed by atoms with Gasteiger partial charge in [-0.15, -0.1) is 5.10 Å². The summed E-state index contributed by atoms with van der Waals surface area (Å²) in [5.41, 5.74) is 1.81. The standard InChI is InChI=1S/C19H18N4O2/c24-18(17-21-13-23(22-17)15-7-2-1-3-8-15)20-12-19(25)11-10-14-6-4-5-9-16(14)19/h1-9,13,25H,10-12H2,(H,20,24). The molecular formula is C19H18N4O2. The smallest absolute Gasteiger partial charge is 0.291 e. The number of benzene rings is 2. The van der Waals surface area contributed by atoms with E-state index in [4.69, 9.17) is 0 Å². The van der Waals surface area contributed by atoms with Crippen LogP contribution in [0.25, 0.3) is 5.69 Å². The SMILES string of the molecule is O=C(NCC1(O)CCc2ccccc21)c1ncn(-c2ccccc2)n1. The minimum atomic E-state index is -1.03. The quantitative estimate of drug-likeness (QED) is 0.763. The third-order valence-corrected chi connectivity index (χ3v) is 4.58. The fourth-order valence-electron chi connectivity index (χ4n) is 3.23. The number of nitrogens with one attached hydrogen (secondary N) is 1.